The molecule has 2 fully saturated rings. The predicted molar refractivity (Wildman–Crippen MR) is 47.1 cm³/mol. The third-order valence-corrected chi connectivity index (χ3v) is 3.76. The fourth-order valence-electron chi connectivity index (χ4n) is 2.61. The zero-order valence-electron chi connectivity index (χ0n) is 8.22. The lowest BCUT2D eigenvalue weighted by molar-refractivity contribution is -0.260. The first kappa shape index (κ1) is 8.52. The standard InChI is InChI=1S/C10H18O2/c1-9(2)5-4-8(9)10(11-3)6-12-7-10/h8H,4-7H2,1-3H3. The molecule has 2 nitrogen and oxygen atoms in total. The van der Waals surface area contributed by atoms with E-state index in [1.165, 1.54) is 12.8 Å². The van der Waals surface area contributed by atoms with Crippen molar-refractivity contribution in [2.24, 2.45) is 11.3 Å². The molecule has 1 aliphatic heterocycles. The molecule has 0 radical (unpaired) electrons. The van der Waals surface area contributed by atoms with E-state index in [1.807, 2.05) is 7.11 Å². The quantitative estimate of drug-likeness (QED) is 0.629. The van der Waals surface area contributed by atoms with E-state index in [0.717, 1.165) is 13.2 Å². The molecule has 1 saturated carbocycles. The number of hydrogen-bond donors (Lipinski definition) is 0. The van der Waals surface area contributed by atoms with E-state index < -0.39 is 0 Å². The lowest BCUT2D eigenvalue weighted by Crippen LogP contribution is -2.63. The molecule has 1 heterocycles. The van der Waals surface area contributed by atoms with Gasteiger partial charge in [0.15, 0.2) is 0 Å². The first-order chi connectivity index (χ1) is 5.61. The van der Waals surface area contributed by atoms with Crippen LogP contribution >= 0.6 is 0 Å². The molecule has 0 spiro atoms. The van der Waals surface area contributed by atoms with Crippen molar-refractivity contribution in [1.29, 1.82) is 0 Å². The maximum absolute atomic E-state index is 5.59. The Morgan fingerprint density at radius 3 is 2.08 bits per heavy atom. The fourth-order valence-corrected chi connectivity index (χ4v) is 2.61. The summed E-state index contributed by atoms with van der Waals surface area (Å²) in [5.41, 5.74) is 0.543. The summed E-state index contributed by atoms with van der Waals surface area (Å²) in [6.45, 7) is 6.27. The Bertz CT molecular complexity index is 177. The van der Waals surface area contributed by atoms with Gasteiger partial charge in [0.1, 0.15) is 5.60 Å². The SMILES string of the molecule is COC1(C2CCC2(C)C)COC1. The van der Waals surface area contributed by atoms with Gasteiger partial charge in [-0.05, 0) is 24.2 Å². The van der Waals surface area contributed by atoms with Gasteiger partial charge >= 0.3 is 0 Å². The minimum absolute atomic E-state index is 0.0712. The molecule has 2 aliphatic rings. The molecule has 70 valence electrons. The molecule has 0 aromatic carbocycles. The van der Waals surface area contributed by atoms with Crippen molar-refractivity contribution in [3.8, 4) is 0 Å². The van der Waals surface area contributed by atoms with Gasteiger partial charge in [0.2, 0.25) is 0 Å². The molecule has 12 heavy (non-hydrogen) atoms. The van der Waals surface area contributed by atoms with Gasteiger partial charge in [-0.1, -0.05) is 13.8 Å². The molecule has 2 heteroatoms. The largest absolute Gasteiger partial charge is 0.375 e. The maximum atomic E-state index is 5.59. The molecular weight excluding hydrogens is 152 g/mol. The van der Waals surface area contributed by atoms with Crippen molar-refractivity contribution in [3.63, 3.8) is 0 Å². The topological polar surface area (TPSA) is 18.5 Å². The van der Waals surface area contributed by atoms with Gasteiger partial charge in [0.25, 0.3) is 0 Å². The zero-order valence-corrected chi connectivity index (χ0v) is 8.22. The molecule has 2 rings (SSSR count). The molecule has 1 unspecified atom stereocenters. The van der Waals surface area contributed by atoms with Crippen molar-refractivity contribution in [2.75, 3.05) is 20.3 Å². The highest BCUT2D eigenvalue weighted by molar-refractivity contribution is 5.05. The van der Waals surface area contributed by atoms with Crippen LogP contribution in [0.5, 0.6) is 0 Å². The lowest BCUT2D eigenvalue weighted by Gasteiger charge is -2.57. The van der Waals surface area contributed by atoms with E-state index in [2.05, 4.69) is 13.8 Å². The summed E-state index contributed by atoms with van der Waals surface area (Å²) in [6.07, 6.45) is 2.65. The van der Waals surface area contributed by atoms with Gasteiger partial charge in [0, 0.05) is 7.11 Å². The molecule has 1 atom stereocenters. The smallest absolute Gasteiger partial charge is 0.118 e. The summed E-state index contributed by atoms with van der Waals surface area (Å²) in [4.78, 5) is 0. The summed E-state index contributed by atoms with van der Waals surface area (Å²) in [5, 5.41) is 0. The van der Waals surface area contributed by atoms with E-state index in [9.17, 15) is 0 Å². The minimum atomic E-state index is 0.0712. The Balaban J connectivity index is 2.08. The van der Waals surface area contributed by atoms with Crippen LogP contribution in [0.4, 0.5) is 0 Å². The summed E-state index contributed by atoms with van der Waals surface area (Å²) >= 11 is 0. The van der Waals surface area contributed by atoms with Crippen LogP contribution in [0.15, 0.2) is 0 Å². The van der Waals surface area contributed by atoms with E-state index in [-0.39, 0.29) is 5.60 Å². The molecule has 0 bridgehead atoms. The van der Waals surface area contributed by atoms with Gasteiger partial charge in [-0.3, -0.25) is 0 Å². The second-order valence-electron chi connectivity index (χ2n) is 4.84. The second kappa shape index (κ2) is 2.46. The van der Waals surface area contributed by atoms with Crippen LogP contribution < -0.4 is 0 Å². The van der Waals surface area contributed by atoms with E-state index in [1.54, 1.807) is 0 Å². The van der Waals surface area contributed by atoms with E-state index in [0.29, 0.717) is 11.3 Å². The summed E-state index contributed by atoms with van der Waals surface area (Å²) in [6, 6.07) is 0. The van der Waals surface area contributed by atoms with Crippen molar-refractivity contribution in [1.82, 2.24) is 0 Å². The average Bonchev–Trinajstić information content (AvgIpc) is 1.94. The second-order valence-corrected chi connectivity index (χ2v) is 4.84. The van der Waals surface area contributed by atoms with Crippen LogP contribution in [0.25, 0.3) is 0 Å². The van der Waals surface area contributed by atoms with Gasteiger partial charge in [-0.2, -0.15) is 0 Å². The molecular formula is C10H18O2. The number of hydrogen-bond acceptors (Lipinski definition) is 2. The Morgan fingerprint density at radius 2 is 2.00 bits per heavy atom. The molecule has 0 N–H and O–H groups in total. The Morgan fingerprint density at radius 1 is 1.33 bits per heavy atom. The molecule has 1 saturated heterocycles. The van der Waals surface area contributed by atoms with Gasteiger partial charge in [0.05, 0.1) is 13.2 Å². The number of methoxy groups -OCH3 is 1. The highest BCUT2D eigenvalue weighted by atomic mass is 16.6. The molecule has 1 aliphatic carbocycles. The molecule has 0 aromatic rings. The summed E-state index contributed by atoms with van der Waals surface area (Å²) in [5.74, 6) is 0.712. The monoisotopic (exact) mass is 170 g/mol. The van der Waals surface area contributed by atoms with E-state index in [4.69, 9.17) is 9.47 Å². The van der Waals surface area contributed by atoms with Crippen LogP contribution in [0, 0.1) is 11.3 Å². The highest BCUT2D eigenvalue weighted by Crippen LogP contribution is 2.54. The fraction of sp³-hybridized carbons (Fsp3) is 1.00. The van der Waals surface area contributed by atoms with E-state index >= 15 is 0 Å². The van der Waals surface area contributed by atoms with Crippen molar-refractivity contribution in [3.05, 3.63) is 0 Å². The van der Waals surface area contributed by atoms with Crippen LogP contribution in [-0.2, 0) is 9.47 Å². The van der Waals surface area contributed by atoms with Crippen molar-refractivity contribution >= 4 is 0 Å². The number of ether oxygens (including phenoxy) is 2. The third-order valence-electron chi connectivity index (χ3n) is 3.76. The number of rotatable bonds is 2. The first-order valence-electron chi connectivity index (χ1n) is 4.74. The van der Waals surface area contributed by atoms with Crippen LogP contribution in [0.3, 0.4) is 0 Å². The Kier molecular flexibility index (Phi) is 1.74. The Labute approximate surface area is 74.2 Å². The average molecular weight is 170 g/mol. The van der Waals surface area contributed by atoms with Crippen LogP contribution in [-0.4, -0.2) is 25.9 Å². The van der Waals surface area contributed by atoms with Gasteiger partial charge in [-0.15, -0.1) is 0 Å². The van der Waals surface area contributed by atoms with Crippen molar-refractivity contribution < 1.29 is 9.47 Å². The predicted octanol–water partition coefficient (Wildman–Crippen LogP) is 1.84. The third kappa shape index (κ3) is 0.944. The summed E-state index contributed by atoms with van der Waals surface area (Å²) < 4.78 is 10.8. The maximum Gasteiger partial charge on any atom is 0.118 e. The highest BCUT2D eigenvalue weighted by Gasteiger charge is 2.56. The van der Waals surface area contributed by atoms with Crippen molar-refractivity contribution in [2.45, 2.75) is 32.3 Å². The zero-order chi connectivity index (χ0) is 8.82. The normalized spacial score (nSPS) is 36.8. The van der Waals surface area contributed by atoms with Crippen LogP contribution in [0.1, 0.15) is 26.7 Å². The van der Waals surface area contributed by atoms with Crippen LogP contribution in [0.2, 0.25) is 0 Å². The first-order valence-corrected chi connectivity index (χ1v) is 4.74. The Hall–Kier alpha value is -0.0800. The molecule has 0 aromatic heterocycles. The minimum Gasteiger partial charge on any atom is -0.375 e. The molecule has 0 amide bonds. The van der Waals surface area contributed by atoms with Gasteiger partial charge < -0.3 is 9.47 Å². The lowest BCUT2D eigenvalue weighted by atomic mass is 9.55. The van der Waals surface area contributed by atoms with Gasteiger partial charge in [-0.25, -0.2) is 0 Å². The summed E-state index contributed by atoms with van der Waals surface area (Å²) in [7, 11) is 1.82.